The van der Waals surface area contributed by atoms with Crippen LogP contribution in [0.4, 0.5) is 0 Å². The lowest BCUT2D eigenvalue weighted by molar-refractivity contribution is 0.387. The molecular weight excluding hydrogens is 532 g/mol. The van der Waals surface area contributed by atoms with Gasteiger partial charge in [0.2, 0.25) is 5.88 Å². The van der Waals surface area contributed by atoms with E-state index in [0.717, 1.165) is 16.3 Å². The topological polar surface area (TPSA) is 101 Å². The second-order valence-corrected chi connectivity index (χ2v) is 10.0. The Morgan fingerprint density at radius 1 is 0.857 bits per heavy atom. The molecule has 4 aromatic carbocycles. The highest BCUT2D eigenvalue weighted by Crippen LogP contribution is 2.51. The number of rotatable bonds is 4. The number of ether oxygens (including phenoxy) is 3. The van der Waals surface area contributed by atoms with Crippen LogP contribution in [0.15, 0.2) is 100 Å². The quantitative estimate of drug-likeness (QED) is 0.232. The molecule has 9 nitrogen and oxygen atoms in total. The molecule has 8 rings (SSSR count). The van der Waals surface area contributed by atoms with Crippen LogP contribution in [-0.4, -0.2) is 33.8 Å². The third-order valence-corrected chi connectivity index (χ3v) is 7.72. The van der Waals surface area contributed by atoms with Crippen LogP contribution >= 0.6 is 0 Å². The molecule has 9 heteroatoms. The van der Waals surface area contributed by atoms with E-state index in [1.807, 2.05) is 54.6 Å². The van der Waals surface area contributed by atoms with E-state index in [1.54, 1.807) is 37.2 Å². The Balaban J connectivity index is 1.42. The molecule has 0 bridgehead atoms. The number of hydrogen-bond acceptors (Lipinski definition) is 8. The number of nitrogens with zero attached hydrogens (tertiary/aromatic N) is 4. The van der Waals surface area contributed by atoms with Gasteiger partial charge in [-0.25, -0.2) is 19.3 Å². The summed E-state index contributed by atoms with van der Waals surface area (Å²) >= 11 is 0. The van der Waals surface area contributed by atoms with Gasteiger partial charge in [0.15, 0.2) is 17.2 Å². The lowest BCUT2D eigenvalue weighted by Gasteiger charge is -2.28. The lowest BCUT2D eigenvalue weighted by atomic mass is 9.83. The first-order valence-corrected chi connectivity index (χ1v) is 13.3. The summed E-state index contributed by atoms with van der Waals surface area (Å²) in [5.41, 5.74) is 2.87. The monoisotopic (exact) mass is 554 g/mol. The van der Waals surface area contributed by atoms with Gasteiger partial charge in [0.05, 0.1) is 36.7 Å². The van der Waals surface area contributed by atoms with Crippen molar-refractivity contribution in [3.8, 4) is 34.5 Å². The Hall–Kier alpha value is -5.70. The summed E-state index contributed by atoms with van der Waals surface area (Å²) in [6.45, 7) is 0. The predicted octanol–water partition coefficient (Wildman–Crippen LogP) is 6.35. The molecule has 4 heterocycles. The van der Waals surface area contributed by atoms with Gasteiger partial charge in [0, 0.05) is 17.2 Å². The minimum Gasteiger partial charge on any atom is -0.497 e. The van der Waals surface area contributed by atoms with Crippen LogP contribution in [-0.2, 0) is 0 Å². The zero-order valence-corrected chi connectivity index (χ0v) is 22.6. The van der Waals surface area contributed by atoms with Crippen LogP contribution in [0, 0.1) is 0 Å². The van der Waals surface area contributed by atoms with Crippen LogP contribution in [0.2, 0.25) is 0 Å². The zero-order valence-electron chi connectivity index (χ0n) is 22.6. The fourth-order valence-electron chi connectivity index (χ4n) is 5.75. The first-order valence-electron chi connectivity index (χ1n) is 13.3. The largest absolute Gasteiger partial charge is 0.497 e. The molecule has 0 saturated heterocycles. The average molecular weight is 555 g/mol. The van der Waals surface area contributed by atoms with E-state index in [-0.39, 0.29) is 0 Å². The van der Waals surface area contributed by atoms with Crippen molar-refractivity contribution in [2.24, 2.45) is 0 Å². The van der Waals surface area contributed by atoms with Gasteiger partial charge >= 0.3 is 5.63 Å². The molecule has 42 heavy (non-hydrogen) atoms. The third-order valence-electron chi connectivity index (χ3n) is 7.72. The lowest BCUT2D eigenvalue weighted by Crippen LogP contribution is -2.22. The van der Waals surface area contributed by atoms with Crippen molar-refractivity contribution < 1.29 is 18.6 Å². The summed E-state index contributed by atoms with van der Waals surface area (Å²) in [4.78, 5) is 23.3. The van der Waals surface area contributed by atoms with Crippen LogP contribution in [0.25, 0.3) is 38.8 Å². The number of aromatic nitrogens is 4. The van der Waals surface area contributed by atoms with Crippen molar-refractivity contribution in [3.63, 3.8) is 0 Å². The minimum atomic E-state index is -0.685. The van der Waals surface area contributed by atoms with Gasteiger partial charge in [-0.15, -0.1) is 5.10 Å². The molecule has 0 amide bonds. The maximum Gasteiger partial charge on any atom is 0.344 e. The van der Waals surface area contributed by atoms with Crippen molar-refractivity contribution in [3.05, 3.63) is 118 Å². The highest BCUT2D eigenvalue weighted by Gasteiger charge is 2.39. The second-order valence-electron chi connectivity index (χ2n) is 10.0. The van der Waals surface area contributed by atoms with E-state index in [9.17, 15) is 4.79 Å². The summed E-state index contributed by atoms with van der Waals surface area (Å²) in [5, 5.41) is 7.63. The van der Waals surface area contributed by atoms with Crippen LogP contribution in [0.3, 0.4) is 0 Å². The Kier molecular flexibility index (Phi) is 5.27. The fourth-order valence-corrected chi connectivity index (χ4v) is 5.75. The molecule has 1 aliphatic rings. The molecule has 1 atom stereocenters. The summed E-state index contributed by atoms with van der Waals surface area (Å²) in [7, 11) is 3.17. The van der Waals surface area contributed by atoms with Crippen LogP contribution in [0.1, 0.15) is 22.6 Å². The highest BCUT2D eigenvalue weighted by molar-refractivity contribution is 5.88. The van der Waals surface area contributed by atoms with Crippen molar-refractivity contribution in [2.75, 3.05) is 14.2 Å². The zero-order chi connectivity index (χ0) is 28.4. The van der Waals surface area contributed by atoms with E-state index in [4.69, 9.17) is 28.7 Å². The van der Waals surface area contributed by atoms with Gasteiger partial charge in [0.1, 0.15) is 23.4 Å². The molecule has 0 radical (unpaired) electrons. The molecule has 7 aromatic rings. The van der Waals surface area contributed by atoms with Crippen molar-refractivity contribution >= 4 is 27.4 Å². The first-order chi connectivity index (χ1) is 20.6. The maximum atomic E-state index is 13.7. The molecule has 0 saturated carbocycles. The third kappa shape index (κ3) is 3.56. The molecular formula is C33H22N4O5. The smallest absolute Gasteiger partial charge is 0.344 e. The summed E-state index contributed by atoms with van der Waals surface area (Å²) in [6.07, 6.45) is 1.58. The molecule has 0 fully saturated rings. The number of benzene rings is 4. The molecule has 204 valence electrons. The van der Waals surface area contributed by atoms with Crippen molar-refractivity contribution in [1.82, 2.24) is 19.6 Å². The SMILES string of the molecule is COc1ccc(C2c3c(c4ccccc4oc3=O)Oc3ncn4nc(-c5ccc6ccccc6c5)nc4c32)c(OC)c1. The van der Waals surface area contributed by atoms with E-state index in [0.29, 0.717) is 62.3 Å². The van der Waals surface area contributed by atoms with E-state index in [1.165, 1.54) is 0 Å². The Morgan fingerprint density at radius 3 is 2.55 bits per heavy atom. The molecule has 1 aliphatic heterocycles. The number of para-hydroxylation sites is 1. The van der Waals surface area contributed by atoms with Crippen molar-refractivity contribution in [2.45, 2.75) is 5.92 Å². The standard InChI is InChI=1S/C33H22N4O5/c1-39-21-13-14-22(25(16-21)40-2)26-27-29(23-9-5-6-10-24(23)41-33(27)38)42-32-28(26)31-35-30(36-37(31)17-34-32)20-12-11-18-7-3-4-8-19(18)15-20/h3-17,26H,1-2H3. The summed E-state index contributed by atoms with van der Waals surface area (Å²) < 4.78 is 25.1. The predicted molar refractivity (Wildman–Crippen MR) is 157 cm³/mol. The van der Waals surface area contributed by atoms with Gasteiger partial charge in [-0.05, 0) is 35.0 Å². The number of hydrogen-bond donors (Lipinski definition) is 0. The van der Waals surface area contributed by atoms with E-state index in [2.05, 4.69) is 23.2 Å². The van der Waals surface area contributed by atoms with E-state index < -0.39 is 11.5 Å². The van der Waals surface area contributed by atoms with Crippen molar-refractivity contribution in [1.29, 1.82) is 0 Å². The Bertz CT molecular complexity index is 2250. The molecule has 1 unspecified atom stereocenters. The Labute approximate surface area is 238 Å². The Morgan fingerprint density at radius 2 is 1.69 bits per heavy atom. The minimum absolute atomic E-state index is 0.325. The molecule has 3 aromatic heterocycles. The van der Waals surface area contributed by atoms with Gasteiger partial charge in [-0.2, -0.15) is 0 Å². The first kappa shape index (κ1) is 24.1. The average Bonchev–Trinajstić information content (AvgIpc) is 3.48. The normalized spacial score (nSPS) is 14.0. The summed E-state index contributed by atoms with van der Waals surface area (Å²) in [5.74, 6) is 1.70. The molecule has 0 spiro atoms. The van der Waals surface area contributed by atoms with Gasteiger partial charge in [-0.1, -0.05) is 54.6 Å². The van der Waals surface area contributed by atoms with Crippen LogP contribution in [0.5, 0.6) is 23.1 Å². The molecule has 0 aliphatic carbocycles. The number of fused-ring (bicyclic) bond motifs is 7. The van der Waals surface area contributed by atoms with Gasteiger partial charge in [-0.3, -0.25) is 0 Å². The summed E-state index contributed by atoms with van der Waals surface area (Å²) in [6, 6.07) is 27.0. The number of methoxy groups -OCH3 is 2. The molecule has 0 N–H and O–H groups in total. The highest BCUT2D eigenvalue weighted by atomic mass is 16.5. The van der Waals surface area contributed by atoms with Crippen LogP contribution < -0.4 is 19.8 Å². The second kappa shape index (κ2) is 9.17. The fraction of sp³-hybridized carbons (Fsp3) is 0.0909. The van der Waals surface area contributed by atoms with E-state index >= 15 is 0 Å². The maximum absolute atomic E-state index is 13.7. The van der Waals surface area contributed by atoms with Gasteiger partial charge in [0.25, 0.3) is 0 Å². The van der Waals surface area contributed by atoms with Gasteiger partial charge < -0.3 is 18.6 Å².